The third-order valence-corrected chi connectivity index (χ3v) is 6.94. The van der Waals surface area contributed by atoms with Crippen molar-refractivity contribution in [2.45, 2.75) is 45.0 Å². The van der Waals surface area contributed by atoms with Crippen LogP contribution in [-0.2, 0) is 30.7 Å². The molecular formula is C31H37F2N3O3. The van der Waals surface area contributed by atoms with Gasteiger partial charge in [-0.3, -0.25) is 9.69 Å². The molecule has 8 heteroatoms. The van der Waals surface area contributed by atoms with Gasteiger partial charge in [-0.15, -0.1) is 0 Å². The Kier molecular flexibility index (Phi) is 10.6. The summed E-state index contributed by atoms with van der Waals surface area (Å²) >= 11 is 0. The summed E-state index contributed by atoms with van der Waals surface area (Å²) in [6.07, 6.45) is 0.0101. The smallest absolute Gasteiger partial charge is 0.251 e. The van der Waals surface area contributed by atoms with Gasteiger partial charge in [0.15, 0.2) is 0 Å². The van der Waals surface area contributed by atoms with Gasteiger partial charge in [-0.05, 0) is 59.4 Å². The number of nitrogens with zero attached hydrogens (tertiary/aromatic N) is 1. The van der Waals surface area contributed by atoms with Gasteiger partial charge in [0.1, 0.15) is 11.6 Å². The fourth-order valence-corrected chi connectivity index (χ4v) is 4.81. The van der Waals surface area contributed by atoms with E-state index < -0.39 is 23.8 Å². The molecule has 39 heavy (non-hydrogen) atoms. The zero-order valence-corrected chi connectivity index (χ0v) is 22.3. The lowest BCUT2D eigenvalue weighted by Crippen LogP contribution is -2.48. The first-order chi connectivity index (χ1) is 18.9. The summed E-state index contributed by atoms with van der Waals surface area (Å²) < 4.78 is 33.2. The van der Waals surface area contributed by atoms with Crippen molar-refractivity contribution in [3.8, 4) is 0 Å². The number of benzene rings is 3. The van der Waals surface area contributed by atoms with Crippen molar-refractivity contribution in [2.24, 2.45) is 0 Å². The van der Waals surface area contributed by atoms with E-state index in [4.69, 9.17) is 4.74 Å². The number of amides is 1. The van der Waals surface area contributed by atoms with Crippen LogP contribution in [0.3, 0.4) is 0 Å². The van der Waals surface area contributed by atoms with Crippen LogP contribution in [-0.4, -0.2) is 60.9 Å². The van der Waals surface area contributed by atoms with Gasteiger partial charge < -0.3 is 20.5 Å². The van der Waals surface area contributed by atoms with Crippen molar-refractivity contribution in [3.63, 3.8) is 0 Å². The first-order valence-corrected chi connectivity index (χ1v) is 13.5. The zero-order chi connectivity index (χ0) is 27.6. The molecule has 1 saturated heterocycles. The Balaban J connectivity index is 1.44. The van der Waals surface area contributed by atoms with E-state index in [0.29, 0.717) is 37.4 Å². The van der Waals surface area contributed by atoms with E-state index in [1.54, 1.807) is 6.07 Å². The maximum Gasteiger partial charge on any atom is 0.251 e. The number of hydrogen-bond acceptors (Lipinski definition) is 5. The lowest BCUT2D eigenvalue weighted by atomic mass is 9.99. The highest BCUT2D eigenvalue weighted by atomic mass is 19.1. The third kappa shape index (κ3) is 8.93. The number of carbonyl (C=O) groups excluding carboxylic acids is 1. The Hall–Kier alpha value is -3.17. The first-order valence-electron chi connectivity index (χ1n) is 13.5. The van der Waals surface area contributed by atoms with Crippen LogP contribution in [0.25, 0.3) is 0 Å². The molecule has 1 heterocycles. The van der Waals surface area contributed by atoms with Crippen molar-refractivity contribution in [3.05, 3.63) is 106 Å². The summed E-state index contributed by atoms with van der Waals surface area (Å²) in [6.45, 7) is 6.60. The fourth-order valence-electron chi connectivity index (χ4n) is 4.81. The second-order valence-electron chi connectivity index (χ2n) is 10.0. The van der Waals surface area contributed by atoms with Crippen LogP contribution < -0.4 is 10.6 Å². The lowest BCUT2D eigenvalue weighted by Gasteiger charge is -2.27. The molecule has 1 aliphatic rings. The highest BCUT2D eigenvalue weighted by Crippen LogP contribution is 2.15. The normalized spacial score (nSPS) is 15.6. The molecule has 1 fully saturated rings. The fraction of sp³-hybridized carbons (Fsp3) is 0.387. The van der Waals surface area contributed by atoms with E-state index in [2.05, 4.69) is 34.6 Å². The van der Waals surface area contributed by atoms with E-state index in [9.17, 15) is 18.7 Å². The van der Waals surface area contributed by atoms with E-state index in [1.165, 1.54) is 17.7 Å². The largest absolute Gasteiger partial charge is 0.390 e. The second kappa shape index (κ2) is 14.3. The number of ether oxygens (including phenoxy) is 1. The molecule has 0 aliphatic carbocycles. The van der Waals surface area contributed by atoms with Crippen molar-refractivity contribution < 1.29 is 23.4 Å². The SMILES string of the molecule is CCc1cccc(CNC[C@H](O)[C@@H](Cc2cc(F)cc(F)c2)NC(=O)c2cccc(CN3CCOCC3)c2)c1. The molecule has 0 bridgehead atoms. The summed E-state index contributed by atoms with van der Waals surface area (Å²) in [5.74, 6) is -1.75. The number of carbonyl (C=O) groups is 1. The molecule has 3 aromatic carbocycles. The zero-order valence-electron chi connectivity index (χ0n) is 22.3. The summed E-state index contributed by atoms with van der Waals surface area (Å²) in [7, 11) is 0. The molecule has 1 aliphatic heterocycles. The average molecular weight is 538 g/mol. The summed E-state index contributed by atoms with van der Waals surface area (Å²) in [5, 5.41) is 17.2. The standard InChI is InChI=1S/C31H37F2N3O3/c1-2-22-5-3-6-23(13-22)19-34-20-30(37)29(17-25-15-27(32)18-28(33)16-25)35-31(38)26-8-4-7-24(14-26)21-36-9-11-39-12-10-36/h3-8,13-16,18,29-30,34,37H,2,9-12,17,19-21H2,1H3,(H,35,38)/t29-,30+/m1/s1. The van der Waals surface area contributed by atoms with Gasteiger partial charge in [-0.1, -0.05) is 43.3 Å². The highest BCUT2D eigenvalue weighted by Gasteiger charge is 2.23. The van der Waals surface area contributed by atoms with Crippen LogP contribution in [0.5, 0.6) is 0 Å². The van der Waals surface area contributed by atoms with E-state index in [1.807, 2.05) is 30.3 Å². The summed E-state index contributed by atoms with van der Waals surface area (Å²) in [6, 6.07) is 18.1. The predicted molar refractivity (Wildman–Crippen MR) is 147 cm³/mol. The van der Waals surface area contributed by atoms with Gasteiger partial charge in [0.05, 0.1) is 25.4 Å². The van der Waals surface area contributed by atoms with Gasteiger partial charge in [-0.25, -0.2) is 8.78 Å². The van der Waals surface area contributed by atoms with Crippen LogP contribution in [0.1, 0.15) is 39.5 Å². The monoisotopic (exact) mass is 537 g/mol. The summed E-state index contributed by atoms with van der Waals surface area (Å²) in [4.78, 5) is 15.5. The molecule has 208 valence electrons. The Morgan fingerprint density at radius 2 is 1.64 bits per heavy atom. The van der Waals surface area contributed by atoms with Gasteiger partial charge >= 0.3 is 0 Å². The Labute approximate surface area is 229 Å². The number of aliphatic hydroxyl groups excluding tert-OH is 1. The minimum absolute atomic E-state index is 0.0715. The minimum atomic E-state index is -0.994. The van der Waals surface area contributed by atoms with Crippen molar-refractivity contribution in [1.82, 2.24) is 15.5 Å². The maximum absolute atomic E-state index is 13.9. The molecule has 0 saturated carbocycles. The minimum Gasteiger partial charge on any atom is -0.390 e. The van der Waals surface area contributed by atoms with Gasteiger partial charge in [0, 0.05) is 44.4 Å². The number of rotatable bonds is 12. The number of aryl methyl sites for hydroxylation is 1. The van der Waals surface area contributed by atoms with Crippen molar-refractivity contribution in [2.75, 3.05) is 32.8 Å². The number of hydrogen-bond donors (Lipinski definition) is 3. The van der Waals surface area contributed by atoms with Crippen LogP contribution >= 0.6 is 0 Å². The molecule has 2 atom stereocenters. The Morgan fingerprint density at radius 1 is 0.949 bits per heavy atom. The first kappa shape index (κ1) is 28.8. The quantitative estimate of drug-likeness (QED) is 0.327. The number of morpholine rings is 1. The summed E-state index contributed by atoms with van der Waals surface area (Å²) in [5.41, 5.74) is 4.14. The van der Waals surface area contributed by atoms with Gasteiger partial charge in [0.25, 0.3) is 5.91 Å². The van der Waals surface area contributed by atoms with Gasteiger partial charge in [-0.2, -0.15) is 0 Å². The molecule has 0 aromatic heterocycles. The molecule has 1 amide bonds. The van der Waals surface area contributed by atoms with E-state index in [0.717, 1.165) is 36.7 Å². The third-order valence-electron chi connectivity index (χ3n) is 6.94. The van der Waals surface area contributed by atoms with Crippen LogP contribution in [0.2, 0.25) is 0 Å². The average Bonchev–Trinajstić information content (AvgIpc) is 2.93. The molecule has 4 rings (SSSR count). The van der Waals surface area contributed by atoms with E-state index in [-0.39, 0.29) is 18.9 Å². The van der Waals surface area contributed by atoms with Crippen molar-refractivity contribution >= 4 is 5.91 Å². The number of nitrogens with one attached hydrogen (secondary N) is 2. The molecule has 3 aromatic rings. The Morgan fingerprint density at radius 3 is 2.38 bits per heavy atom. The van der Waals surface area contributed by atoms with Crippen LogP contribution in [0, 0.1) is 11.6 Å². The highest BCUT2D eigenvalue weighted by molar-refractivity contribution is 5.94. The molecule has 0 radical (unpaired) electrons. The molecule has 3 N–H and O–H groups in total. The second-order valence-corrected chi connectivity index (χ2v) is 10.0. The predicted octanol–water partition coefficient (Wildman–Crippen LogP) is 3.85. The maximum atomic E-state index is 13.9. The number of halogens is 2. The number of aliphatic hydroxyl groups is 1. The Bertz CT molecular complexity index is 1210. The lowest BCUT2D eigenvalue weighted by molar-refractivity contribution is 0.0342. The molecule has 0 unspecified atom stereocenters. The molecule has 6 nitrogen and oxygen atoms in total. The molecular weight excluding hydrogens is 500 g/mol. The molecule has 0 spiro atoms. The van der Waals surface area contributed by atoms with Crippen LogP contribution in [0.15, 0.2) is 66.7 Å². The van der Waals surface area contributed by atoms with Gasteiger partial charge in [0.2, 0.25) is 0 Å². The van der Waals surface area contributed by atoms with E-state index >= 15 is 0 Å². The van der Waals surface area contributed by atoms with Crippen molar-refractivity contribution in [1.29, 1.82) is 0 Å². The topological polar surface area (TPSA) is 73.8 Å². The van der Waals surface area contributed by atoms with Crippen LogP contribution in [0.4, 0.5) is 8.78 Å².